The lowest BCUT2D eigenvalue weighted by molar-refractivity contribution is 0.366. The highest BCUT2D eigenvalue weighted by atomic mass is 79.9. The summed E-state index contributed by atoms with van der Waals surface area (Å²) in [5, 5.41) is 0. The van der Waals surface area contributed by atoms with Crippen molar-refractivity contribution in [2.45, 2.75) is 42.3 Å². The Morgan fingerprint density at radius 2 is 1.76 bits per heavy atom. The lowest BCUT2D eigenvalue weighted by atomic mass is 9.89. The highest BCUT2D eigenvalue weighted by molar-refractivity contribution is 9.11. The largest absolute Gasteiger partial charge is 0.241 e. The minimum atomic E-state index is -3.48. The molecule has 0 radical (unpaired) electrons. The molecule has 0 heterocycles. The standard InChI is InChI=1S/C14H18Br3NO2S/c1-9-6-13(17)14(7-12(9)16)21(19,20)18-8-10-2-4-11(15)5-3-10/h6-7,10-11,18H,2-5,8H2,1H3. The summed E-state index contributed by atoms with van der Waals surface area (Å²) in [5.74, 6) is 0.432. The third kappa shape index (κ3) is 4.77. The summed E-state index contributed by atoms with van der Waals surface area (Å²) in [6.07, 6.45) is 4.37. The number of nitrogens with one attached hydrogen (secondary N) is 1. The van der Waals surface area contributed by atoms with Crippen LogP contribution in [0.25, 0.3) is 0 Å². The van der Waals surface area contributed by atoms with Crippen LogP contribution < -0.4 is 4.72 Å². The van der Waals surface area contributed by atoms with Gasteiger partial charge in [-0.25, -0.2) is 13.1 Å². The highest BCUT2D eigenvalue weighted by Gasteiger charge is 2.23. The van der Waals surface area contributed by atoms with Crippen molar-refractivity contribution in [1.29, 1.82) is 0 Å². The van der Waals surface area contributed by atoms with E-state index >= 15 is 0 Å². The molecular formula is C14H18Br3NO2S. The second kappa shape index (κ2) is 7.43. The molecule has 21 heavy (non-hydrogen) atoms. The average Bonchev–Trinajstić information content (AvgIpc) is 2.42. The second-order valence-electron chi connectivity index (χ2n) is 5.50. The molecule has 0 unspecified atom stereocenters. The van der Waals surface area contributed by atoms with E-state index in [1.165, 1.54) is 0 Å². The third-order valence-electron chi connectivity index (χ3n) is 3.84. The first-order valence-corrected chi connectivity index (χ1v) is 10.9. The van der Waals surface area contributed by atoms with E-state index in [-0.39, 0.29) is 4.90 Å². The molecule has 0 aromatic heterocycles. The Bertz CT molecular complexity index is 611. The molecule has 1 aliphatic rings. The van der Waals surface area contributed by atoms with Crippen LogP contribution in [0.3, 0.4) is 0 Å². The summed E-state index contributed by atoms with van der Waals surface area (Å²) >= 11 is 10.4. The van der Waals surface area contributed by atoms with Crippen molar-refractivity contribution in [3.63, 3.8) is 0 Å². The first kappa shape index (κ1) is 17.9. The summed E-state index contributed by atoms with van der Waals surface area (Å²) < 4.78 is 29.1. The smallest absolute Gasteiger partial charge is 0.211 e. The fourth-order valence-electron chi connectivity index (χ4n) is 2.47. The van der Waals surface area contributed by atoms with Gasteiger partial charge in [0, 0.05) is 20.3 Å². The van der Waals surface area contributed by atoms with Crippen molar-refractivity contribution >= 4 is 57.8 Å². The number of rotatable bonds is 4. The molecule has 0 bridgehead atoms. The van der Waals surface area contributed by atoms with Crippen LogP contribution in [0.15, 0.2) is 26.0 Å². The third-order valence-corrected chi connectivity index (χ3v) is 7.99. The monoisotopic (exact) mass is 501 g/mol. The van der Waals surface area contributed by atoms with E-state index in [0.717, 1.165) is 35.7 Å². The van der Waals surface area contributed by atoms with Gasteiger partial charge in [0.1, 0.15) is 0 Å². The van der Waals surface area contributed by atoms with E-state index in [1.807, 2.05) is 13.0 Å². The zero-order chi connectivity index (χ0) is 15.6. The molecule has 0 aliphatic heterocycles. The predicted molar refractivity (Wildman–Crippen MR) is 96.4 cm³/mol. The molecule has 3 nitrogen and oxygen atoms in total. The fraction of sp³-hybridized carbons (Fsp3) is 0.571. The minimum absolute atomic E-state index is 0.286. The van der Waals surface area contributed by atoms with Crippen LogP contribution in [0.1, 0.15) is 31.2 Å². The van der Waals surface area contributed by atoms with Crippen molar-refractivity contribution in [3.05, 3.63) is 26.6 Å². The van der Waals surface area contributed by atoms with Gasteiger partial charge in [-0.1, -0.05) is 31.9 Å². The normalized spacial score (nSPS) is 23.2. The maximum atomic E-state index is 12.5. The number of hydrogen-bond donors (Lipinski definition) is 1. The van der Waals surface area contributed by atoms with E-state index in [4.69, 9.17) is 0 Å². The number of sulfonamides is 1. The van der Waals surface area contributed by atoms with E-state index in [2.05, 4.69) is 52.5 Å². The Kier molecular flexibility index (Phi) is 6.34. The Labute approximate surface area is 151 Å². The molecule has 0 atom stereocenters. The van der Waals surface area contributed by atoms with Gasteiger partial charge in [0.25, 0.3) is 0 Å². The number of alkyl halides is 1. The van der Waals surface area contributed by atoms with Crippen LogP contribution in [-0.2, 0) is 10.0 Å². The number of halogens is 3. The molecule has 7 heteroatoms. The molecule has 118 valence electrons. The molecule has 1 N–H and O–H groups in total. The van der Waals surface area contributed by atoms with Gasteiger partial charge >= 0.3 is 0 Å². The van der Waals surface area contributed by atoms with Gasteiger partial charge < -0.3 is 0 Å². The topological polar surface area (TPSA) is 46.2 Å². The van der Waals surface area contributed by atoms with Crippen LogP contribution in [0.5, 0.6) is 0 Å². The van der Waals surface area contributed by atoms with E-state index in [1.54, 1.807) is 6.07 Å². The van der Waals surface area contributed by atoms with Crippen molar-refractivity contribution in [1.82, 2.24) is 4.72 Å². The SMILES string of the molecule is Cc1cc(Br)c(S(=O)(=O)NCC2CCC(Br)CC2)cc1Br. The molecule has 1 aliphatic carbocycles. The molecule has 0 spiro atoms. The van der Waals surface area contributed by atoms with Crippen molar-refractivity contribution < 1.29 is 8.42 Å². The molecule has 1 aromatic rings. The van der Waals surface area contributed by atoms with Crippen LogP contribution in [-0.4, -0.2) is 19.8 Å². The zero-order valence-corrected chi connectivity index (χ0v) is 17.3. The van der Waals surface area contributed by atoms with Crippen molar-refractivity contribution in [3.8, 4) is 0 Å². The number of aryl methyl sites for hydroxylation is 1. The Morgan fingerprint density at radius 1 is 1.14 bits per heavy atom. The molecule has 1 aromatic carbocycles. The summed E-state index contributed by atoms with van der Waals surface area (Å²) in [4.78, 5) is 0.877. The van der Waals surface area contributed by atoms with Gasteiger partial charge in [0.05, 0.1) is 4.90 Å². The predicted octanol–water partition coefficient (Wildman–Crippen LogP) is 4.75. The Balaban J connectivity index is 2.07. The van der Waals surface area contributed by atoms with Gasteiger partial charge in [-0.15, -0.1) is 0 Å². The minimum Gasteiger partial charge on any atom is -0.211 e. The second-order valence-corrected chi connectivity index (χ2v) is 10.2. The summed E-state index contributed by atoms with van der Waals surface area (Å²) in [6, 6.07) is 3.46. The summed E-state index contributed by atoms with van der Waals surface area (Å²) in [7, 11) is -3.48. The number of benzene rings is 1. The van der Waals surface area contributed by atoms with Gasteiger partial charge in [-0.3, -0.25) is 0 Å². The maximum absolute atomic E-state index is 12.5. The van der Waals surface area contributed by atoms with Gasteiger partial charge in [0.2, 0.25) is 10.0 Å². The molecule has 2 rings (SSSR count). The van der Waals surface area contributed by atoms with Crippen LogP contribution in [0.2, 0.25) is 0 Å². The van der Waals surface area contributed by atoms with E-state index in [0.29, 0.717) is 21.8 Å². The average molecular weight is 504 g/mol. The lowest BCUT2D eigenvalue weighted by Gasteiger charge is -2.25. The summed E-state index contributed by atoms with van der Waals surface area (Å²) in [6.45, 7) is 2.44. The van der Waals surface area contributed by atoms with Crippen LogP contribution in [0.4, 0.5) is 0 Å². The van der Waals surface area contributed by atoms with Crippen LogP contribution in [0, 0.1) is 12.8 Å². The van der Waals surface area contributed by atoms with Gasteiger partial charge in [-0.2, -0.15) is 0 Å². The Morgan fingerprint density at radius 3 is 2.38 bits per heavy atom. The molecular weight excluding hydrogens is 486 g/mol. The van der Waals surface area contributed by atoms with Crippen LogP contribution >= 0.6 is 47.8 Å². The van der Waals surface area contributed by atoms with Crippen molar-refractivity contribution in [2.24, 2.45) is 5.92 Å². The molecule has 0 saturated heterocycles. The van der Waals surface area contributed by atoms with E-state index in [9.17, 15) is 8.42 Å². The van der Waals surface area contributed by atoms with Crippen molar-refractivity contribution in [2.75, 3.05) is 6.54 Å². The quantitative estimate of drug-likeness (QED) is 0.602. The highest BCUT2D eigenvalue weighted by Crippen LogP contribution is 2.30. The fourth-order valence-corrected chi connectivity index (χ4v) is 5.79. The van der Waals surface area contributed by atoms with Gasteiger partial charge in [-0.05, 0) is 72.2 Å². The lowest BCUT2D eigenvalue weighted by Crippen LogP contribution is -2.31. The first-order chi connectivity index (χ1) is 9.79. The summed E-state index contributed by atoms with van der Waals surface area (Å²) in [5.41, 5.74) is 0.997. The first-order valence-electron chi connectivity index (χ1n) is 6.89. The Hall–Kier alpha value is 0.570. The maximum Gasteiger partial charge on any atom is 0.241 e. The zero-order valence-electron chi connectivity index (χ0n) is 11.7. The van der Waals surface area contributed by atoms with E-state index < -0.39 is 10.0 Å². The number of hydrogen-bond acceptors (Lipinski definition) is 2. The molecule has 0 amide bonds. The van der Waals surface area contributed by atoms with Gasteiger partial charge in [0.15, 0.2) is 0 Å². The molecule has 1 fully saturated rings. The molecule has 1 saturated carbocycles.